The number of ether oxygens (including phenoxy) is 1. The van der Waals surface area contributed by atoms with Crippen LogP contribution in [0.25, 0.3) is 32.3 Å². The van der Waals surface area contributed by atoms with E-state index in [1.165, 1.54) is 43.4 Å². The summed E-state index contributed by atoms with van der Waals surface area (Å²) in [6.45, 7) is 0. The summed E-state index contributed by atoms with van der Waals surface area (Å²) in [6.07, 6.45) is 0.919. The van der Waals surface area contributed by atoms with E-state index in [0.29, 0.717) is 0 Å². The first-order chi connectivity index (χ1) is 12.9. The Morgan fingerprint density at radius 1 is 0.538 bits per heavy atom. The molecule has 1 aliphatic heterocycles. The number of fused-ring (bicyclic) bond motifs is 7. The maximum absolute atomic E-state index is 6.17. The van der Waals surface area contributed by atoms with Crippen LogP contribution in [0.15, 0.2) is 84.9 Å². The van der Waals surface area contributed by atoms with Gasteiger partial charge in [0.05, 0.1) is 0 Å². The molecule has 1 nitrogen and oxygen atoms in total. The highest BCUT2D eigenvalue weighted by Gasteiger charge is 2.19. The first-order valence-electron chi connectivity index (χ1n) is 9.00. The Morgan fingerprint density at radius 3 is 2.23 bits per heavy atom. The lowest BCUT2D eigenvalue weighted by atomic mass is 9.91. The monoisotopic (exact) mass is 332 g/mol. The smallest absolute Gasteiger partial charge is 0.131 e. The summed E-state index contributed by atoms with van der Waals surface area (Å²) < 4.78 is 6.17. The van der Waals surface area contributed by atoms with Crippen molar-refractivity contribution < 1.29 is 4.74 Å². The third-order valence-electron chi connectivity index (χ3n) is 5.51. The first kappa shape index (κ1) is 13.9. The number of hydrogen-bond acceptors (Lipinski definition) is 1. The highest BCUT2D eigenvalue weighted by molar-refractivity contribution is 6.13. The van der Waals surface area contributed by atoms with Crippen molar-refractivity contribution >= 4 is 32.3 Å². The molecule has 0 aromatic heterocycles. The Hall–Kier alpha value is -3.32. The maximum Gasteiger partial charge on any atom is 0.131 e. The second-order valence-electron chi connectivity index (χ2n) is 7.01. The highest BCUT2D eigenvalue weighted by atomic mass is 16.5. The van der Waals surface area contributed by atoms with Crippen molar-refractivity contribution in [1.82, 2.24) is 0 Å². The van der Waals surface area contributed by atoms with Crippen molar-refractivity contribution in [1.29, 1.82) is 0 Å². The summed E-state index contributed by atoms with van der Waals surface area (Å²) in [5.41, 5.74) is 2.54. The summed E-state index contributed by atoms with van der Waals surface area (Å²) in [7, 11) is 0. The molecule has 1 aliphatic rings. The molecule has 0 saturated carbocycles. The molecule has 26 heavy (non-hydrogen) atoms. The van der Waals surface area contributed by atoms with E-state index >= 15 is 0 Å². The Kier molecular flexibility index (Phi) is 2.72. The van der Waals surface area contributed by atoms with Crippen LogP contribution in [0.1, 0.15) is 11.1 Å². The Labute approximate surface area is 151 Å². The molecule has 6 rings (SSSR count). The molecule has 1 heterocycles. The normalized spacial score (nSPS) is 12.8. The number of rotatable bonds is 0. The van der Waals surface area contributed by atoms with Gasteiger partial charge in [-0.05, 0) is 62.1 Å². The van der Waals surface area contributed by atoms with Gasteiger partial charge in [-0.15, -0.1) is 0 Å². The van der Waals surface area contributed by atoms with Gasteiger partial charge >= 0.3 is 0 Å². The summed E-state index contributed by atoms with van der Waals surface area (Å²) in [5.74, 6) is 1.96. The second-order valence-corrected chi connectivity index (χ2v) is 7.01. The van der Waals surface area contributed by atoms with Gasteiger partial charge < -0.3 is 4.74 Å². The molecule has 1 heteroatoms. The van der Waals surface area contributed by atoms with Gasteiger partial charge in [-0.3, -0.25) is 0 Å². The van der Waals surface area contributed by atoms with E-state index in [9.17, 15) is 0 Å². The Balaban J connectivity index is 1.66. The van der Waals surface area contributed by atoms with Crippen LogP contribution in [0.4, 0.5) is 0 Å². The van der Waals surface area contributed by atoms with Gasteiger partial charge in [0.15, 0.2) is 0 Å². The minimum absolute atomic E-state index is 0.919. The molecule has 0 aliphatic carbocycles. The standard InChI is InChI=1S/C25H16O/c1-2-6-17-14-22-18(13-16(17)5-1)9-10-21-20(22)11-12-25-23(21)15-19-7-3-4-8-24(19)26-25/h1-14H,15H2. The summed E-state index contributed by atoms with van der Waals surface area (Å²) >= 11 is 0. The molecule has 0 bridgehead atoms. The van der Waals surface area contributed by atoms with Crippen LogP contribution >= 0.6 is 0 Å². The minimum Gasteiger partial charge on any atom is -0.457 e. The van der Waals surface area contributed by atoms with Crippen molar-refractivity contribution in [2.24, 2.45) is 0 Å². The molecular weight excluding hydrogens is 316 g/mol. The molecule has 0 amide bonds. The largest absolute Gasteiger partial charge is 0.457 e. The molecule has 0 atom stereocenters. The molecule has 5 aromatic rings. The summed E-state index contributed by atoms with van der Waals surface area (Å²) in [6, 6.07) is 30.3. The Morgan fingerprint density at radius 2 is 1.31 bits per heavy atom. The van der Waals surface area contributed by atoms with E-state index in [0.717, 1.165) is 17.9 Å². The lowest BCUT2D eigenvalue weighted by molar-refractivity contribution is 0.461. The van der Waals surface area contributed by atoms with Gasteiger partial charge in [-0.25, -0.2) is 0 Å². The number of para-hydroxylation sites is 1. The van der Waals surface area contributed by atoms with E-state index in [1.54, 1.807) is 0 Å². The fraction of sp³-hybridized carbons (Fsp3) is 0.0400. The zero-order chi connectivity index (χ0) is 17.1. The topological polar surface area (TPSA) is 9.23 Å². The van der Waals surface area contributed by atoms with E-state index < -0.39 is 0 Å². The third kappa shape index (κ3) is 1.91. The van der Waals surface area contributed by atoms with Crippen LogP contribution < -0.4 is 4.74 Å². The zero-order valence-electron chi connectivity index (χ0n) is 14.2. The summed E-state index contributed by atoms with van der Waals surface area (Å²) in [4.78, 5) is 0. The fourth-order valence-electron chi connectivity index (χ4n) is 4.21. The number of hydrogen-bond donors (Lipinski definition) is 0. The van der Waals surface area contributed by atoms with Crippen LogP contribution in [0.5, 0.6) is 11.5 Å². The highest BCUT2D eigenvalue weighted by Crippen LogP contribution is 2.41. The van der Waals surface area contributed by atoms with Crippen LogP contribution in [0, 0.1) is 0 Å². The average Bonchev–Trinajstić information content (AvgIpc) is 2.70. The van der Waals surface area contributed by atoms with Crippen LogP contribution in [0.3, 0.4) is 0 Å². The van der Waals surface area contributed by atoms with Crippen molar-refractivity contribution in [2.75, 3.05) is 0 Å². The van der Waals surface area contributed by atoms with Crippen molar-refractivity contribution in [3.05, 3.63) is 96.1 Å². The molecule has 0 unspecified atom stereocenters. The van der Waals surface area contributed by atoms with Gasteiger partial charge in [-0.2, -0.15) is 0 Å². The van der Waals surface area contributed by atoms with Crippen molar-refractivity contribution in [3.8, 4) is 11.5 Å². The van der Waals surface area contributed by atoms with Gasteiger partial charge in [0.1, 0.15) is 11.5 Å². The predicted octanol–water partition coefficient (Wildman–Crippen LogP) is 6.84. The van der Waals surface area contributed by atoms with Gasteiger partial charge in [0.2, 0.25) is 0 Å². The van der Waals surface area contributed by atoms with E-state index in [4.69, 9.17) is 4.74 Å². The number of benzene rings is 5. The van der Waals surface area contributed by atoms with Crippen LogP contribution in [-0.2, 0) is 6.42 Å². The second kappa shape index (κ2) is 5.09. The molecule has 0 spiro atoms. The fourth-order valence-corrected chi connectivity index (χ4v) is 4.21. The minimum atomic E-state index is 0.919. The lowest BCUT2D eigenvalue weighted by Crippen LogP contribution is -2.03. The molecule has 122 valence electrons. The zero-order valence-corrected chi connectivity index (χ0v) is 14.2. The van der Waals surface area contributed by atoms with Gasteiger partial charge in [-0.1, -0.05) is 60.7 Å². The van der Waals surface area contributed by atoms with E-state index in [1.807, 2.05) is 6.07 Å². The molecule has 5 aromatic carbocycles. The first-order valence-corrected chi connectivity index (χ1v) is 9.00. The molecule has 0 saturated heterocycles. The quantitative estimate of drug-likeness (QED) is 0.218. The lowest BCUT2D eigenvalue weighted by Gasteiger charge is -2.22. The summed E-state index contributed by atoms with van der Waals surface area (Å²) in [5, 5.41) is 7.76. The average molecular weight is 332 g/mol. The van der Waals surface area contributed by atoms with Crippen molar-refractivity contribution in [2.45, 2.75) is 6.42 Å². The molecule has 0 radical (unpaired) electrons. The van der Waals surface area contributed by atoms with E-state index in [-0.39, 0.29) is 0 Å². The van der Waals surface area contributed by atoms with Gasteiger partial charge in [0, 0.05) is 12.0 Å². The van der Waals surface area contributed by atoms with Crippen LogP contribution in [-0.4, -0.2) is 0 Å². The predicted molar refractivity (Wildman–Crippen MR) is 108 cm³/mol. The van der Waals surface area contributed by atoms with Gasteiger partial charge in [0.25, 0.3) is 0 Å². The van der Waals surface area contributed by atoms with Crippen LogP contribution in [0.2, 0.25) is 0 Å². The molecular formula is C25H16O. The molecule has 0 N–H and O–H groups in total. The SMILES string of the molecule is c1ccc2c(c1)Cc1c(ccc3c1ccc1cc4ccccc4cc13)O2. The van der Waals surface area contributed by atoms with E-state index in [2.05, 4.69) is 78.9 Å². The third-order valence-corrected chi connectivity index (χ3v) is 5.51. The Bertz CT molecular complexity index is 1330. The molecule has 0 fully saturated rings. The maximum atomic E-state index is 6.17. The van der Waals surface area contributed by atoms with Crippen molar-refractivity contribution in [3.63, 3.8) is 0 Å².